The number of nitrogens with zero attached hydrogens (tertiary/aromatic N) is 5. The van der Waals surface area contributed by atoms with Gasteiger partial charge in [-0.1, -0.05) is 0 Å². The Labute approximate surface area is 211 Å². The number of H-pyrrole nitrogens is 1. The van der Waals surface area contributed by atoms with Gasteiger partial charge in [0.05, 0.1) is 12.1 Å². The molecule has 1 aromatic carbocycles. The summed E-state index contributed by atoms with van der Waals surface area (Å²) in [6, 6.07) is 3.61. The predicted molar refractivity (Wildman–Crippen MR) is 134 cm³/mol. The third-order valence-electron chi connectivity index (χ3n) is 7.64. The van der Waals surface area contributed by atoms with E-state index < -0.39 is 18.8 Å². The zero-order valence-corrected chi connectivity index (χ0v) is 20.5. The molecule has 0 spiro atoms. The Balaban J connectivity index is 1.21. The van der Waals surface area contributed by atoms with Crippen molar-refractivity contribution in [2.24, 2.45) is 0 Å². The molecule has 3 aromatic heterocycles. The van der Waals surface area contributed by atoms with Crippen molar-refractivity contribution in [1.82, 2.24) is 29.4 Å². The average Bonchev–Trinajstić information content (AvgIpc) is 3.57. The first kappa shape index (κ1) is 23.7. The van der Waals surface area contributed by atoms with Gasteiger partial charge >= 0.3 is 0 Å². The largest absolute Gasteiger partial charge is 0.351 e. The Kier molecular flexibility index (Phi) is 6.00. The van der Waals surface area contributed by atoms with Crippen molar-refractivity contribution < 1.29 is 18.0 Å². The number of hydrogen-bond acceptors (Lipinski definition) is 5. The van der Waals surface area contributed by atoms with Gasteiger partial charge in [-0.25, -0.2) is 23.1 Å². The number of carbonyl (C=O) groups is 1. The summed E-state index contributed by atoms with van der Waals surface area (Å²) in [6.45, 7) is 1.92. The maximum atomic E-state index is 14.9. The predicted octanol–water partition coefficient (Wildman–Crippen LogP) is 5.03. The second-order valence-corrected chi connectivity index (χ2v) is 9.99. The normalized spacial score (nSPS) is 20.6. The topological polar surface area (TPSA) is 91.7 Å². The number of aromatic nitrogens is 5. The van der Waals surface area contributed by atoms with Crippen molar-refractivity contribution in [3.8, 4) is 11.1 Å². The van der Waals surface area contributed by atoms with Gasteiger partial charge in [-0.15, -0.1) is 0 Å². The van der Waals surface area contributed by atoms with Crippen LogP contribution in [-0.4, -0.2) is 60.4 Å². The van der Waals surface area contributed by atoms with Crippen molar-refractivity contribution in [1.29, 1.82) is 0 Å². The van der Waals surface area contributed by atoms with Crippen LogP contribution >= 0.6 is 0 Å². The summed E-state index contributed by atoms with van der Waals surface area (Å²) in [5, 5.41) is 4.12. The maximum absolute atomic E-state index is 14.9. The van der Waals surface area contributed by atoms with Crippen molar-refractivity contribution >= 4 is 33.9 Å². The van der Waals surface area contributed by atoms with Gasteiger partial charge in [-0.2, -0.15) is 4.98 Å². The monoisotopic (exact) mass is 511 g/mol. The molecular weight excluding hydrogens is 483 g/mol. The minimum atomic E-state index is -2.58. The van der Waals surface area contributed by atoms with Crippen LogP contribution in [0.4, 0.5) is 19.1 Å². The lowest BCUT2D eigenvalue weighted by Gasteiger charge is -2.34. The first-order valence-corrected chi connectivity index (χ1v) is 12.7. The summed E-state index contributed by atoms with van der Waals surface area (Å²) in [5.74, 6) is 0.558. The van der Waals surface area contributed by atoms with Crippen LogP contribution in [0.5, 0.6) is 0 Å². The number of nitrogens with one attached hydrogen (secondary N) is 2. The molecule has 11 heteroatoms. The molecule has 0 unspecified atom stereocenters. The van der Waals surface area contributed by atoms with Gasteiger partial charge in [-0.05, 0) is 56.7 Å². The van der Waals surface area contributed by atoms with E-state index in [0.29, 0.717) is 51.9 Å². The summed E-state index contributed by atoms with van der Waals surface area (Å²) in [7, 11) is 0. The number of alkyl halides is 2. The number of fused-ring (bicyclic) bond motifs is 2. The molecular formula is C26H28F3N7O. The fourth-order valence-corrected chi connectivity index (χ4v) is 5.81. The van der Waals surface area contributed by atoms with Crippen molar-refractivity contribution in [2.45, 2.75) is 70.5 Å². The summed E-state index contributed by atoms with van der Waals surface area (Å²) in [6.07, 6.45) is 6.28. The van der Waals surface area contributed by atoms with E-state index in [-0.39, 0.29) is 17.5 Å². The number of carbonyl (C=O) groups excluding carboxylic acids is 1. The molecule has 1 saturated carbocycles. The Morgan fingerprint density at radius 3 is 2.73 bits per heavy atom. The van der Waals surface area contributed by atoms with E-state index >= 15 is 0 Å². The molecule has 2 aliphatic rings. The fourth-order valence-electron chi connectivity index (χ4n) is 5.81. The molecule has 0 atom stereocenters. The standard InChI is InChI=1S/C26H28F3N7O/c1-14-32-24-20(27)9-15(10-21(24)36(14)13-22(28)29)18-11-30-25-19(18)12-31-26(34-25)33-16-4-6-17(7-5-16)35-8-2-3-23(35)37/h9-12,16-17,22H,2-8,13H2,1H3,(H2,30,31,33,34)/t16-,17+. The third kappa shape index (κ3) is 4.40. The third-order valence-corrected chi connectivity index (χ3v) is 7.64. The number of anilines is 1. The Bertz CT molecular complexity index is 1470. The van der Waals surface area contributed by atoms with Crippen LogP contribution in [0.25, 0.3) is 33.2 Å². The number of benzene rings is 1. The highest BCUT2D eigenvalue weighted by Crippen LogP contribution is 2.33. The number of aryl methyl sites for hydroxylation is 1. The molecule has 0 bridgehead atoms. The average molecular weight is 512 g/mol. The lowest BCUT2D eigenvalue weighted by molar-refractivity contribution is -0.130. The molecule has 1 saturated heterocycles. The molecule has 4 heterocycles. The molecule has 1 aliphatic heterocycles. The zero-order valence-electron chi connectivity index (χ0n) is 20.5. The molecule has 194 valence electrons. The van der Waals surface area contributed by atoms with Gasteiger partial charge < -0.3 is 19.8 Å². The summed E-state index contributed by atoms with van der Waals surface area (Å²) >= 11 is 0. The van der Waals surface area contributed by atoms with Gasteiger partial charge in [0.15, 0.2) is 5.82 Å². The van der Waals surface area contributed by atoms with Crippen molar-refractivity contribution in [3.63, 3.8) is 0 Å². The highest BCUT2D eigenvalue weighted by Gasteiger charge is 2.31. The van der Waals surface area contributed by atoms with Gasteiger partial charge in [0, 0.05) is 48.4 Å². The highest BCUT2D eigenvalue weighted by atomic mass is 19.3. The molecule has 4 aromatic rings. The SMILES string of the molecule is Cc1nc2c(F)cc(-c3c[nH]c4nc(N[C@H]5CC[C@@H](N6CCCC6=O)CC5)ncc34)cc2n1CC(F)F. The lowest BCUT2D eigenvalue weighted by atomic mass is 9.90. The molecule has 1 aliphatic carbocycles. The summed E-state index contributed by atoms with van der Waals surface area (Å²) in [5.41, 5.74) is 2.22. The van der Waals surface area contributed by atoms with Crippen LogP contribution in [0.3, 0.4) is 0 Å². The van der Waals surface area contributed by atoms with E-state index in [9.17, 15) is 18.0 Å². The summed E-state index contributed by atoms with van der Waals surface area (Å²) < 4.78 is 42.5. The molecule has 6 rings (SSSR count). The number of hydrogen-bond donors (Lipinski definition) is 2. The second-order valence-electron chi connectivity index (χ2n) is 9.99. The number of halogens is 3. The van der Waals surface area contributed by atoms with Crippen LogP contribution in [-0.2, 0) is 11.3 Å². The minimum Gasteiger partial charge on any atom is -0.351 e. The number of amides is 1. The van der Waals surface area contributed by atoms with Crippen LogP contribution < -0.4 is 5.32 Å². The van der Waals surface area contributed by atoms with Gasteiger partial charge in [0.25, 0.3) is 6.43 Å². The van der Waals surface area contributed by atoms with E-state index in [1.54, 1.807) is 25.4 Å². The van der Waals surface area contributed by atoms with Crippen molar-refractivity contribution in [2.75, 3.05) is 11.9 Å². The first-order chi connectivity index (χ1) is 17.9. The maximum Gasteiger partial charge on any atom is 0.256 e. The van der Waals surface area contributed by atoms with Crippen LogP contribution in [0.1, 0.15) is 44.3 Å². The smallest absolute Gasteiger partial charge is 0.256 e. The molecule has 2 N–H and O–H groups in total. The Morgan fingerprint density at radius 2 is 2.00 bits per heavy atom. The summed E-state index contributed by atoms with van der Waals surface area (Å²) in [4.78, 5) is 30.5. The van der Waals surface area contributed by atoms with Gasteiger partial charge in [-0.3, -0.25) is 4.79 Å². The lowest BCUT2D eigenvalue weighted by Crippen LogP contribution is -2.41. The van der Waals surface area contributed by atoms with E-state index in [1.165, 1.54) is 10.6 Å². The Hall–Kier alpha value is -3.63. The number of rotatable bonds is 6. The van der Waals surface area contributed by atoms with Crippen LogP contribution in [0, 0.1) is 12.7 Å². The van der Waals surface area contributed by atoms with E-state index in [1.807, 2.05) is 4.90 Å². The first-order valence-electron chi connectivity index (χ1n) is 12.7. The number of likely N-dealkylation sites (tertiary alicyclic amines) is 1. The quantitative estimate of drug-likeness (QED) is 0.379. The van der Waals surface area contributed by atoms with E-state index in [4.69, 9.17) is 0 Å². The van der Waals surface area contributed by atoms with E-state index in [0.717, 1.165) is 38.6 Å². The number of imidazole rings is 1. The van der Waals surface area contributed by atoms with Crippen LogP contribution in [0.2, 0.25) is 0 Å². The highest BCUT2D eigenvalue weighted by molar-refractivity contribution is 5.96. The van der Waals surface area contributed by atoms with Crippen molar-refractivity contribution in [3.05, 3.63) is 36.2 Å². The zero-order chi connectivity index (χ0) is 25.7. The van der Waals surface area contributed by atoms with Gasteiger partial charge in [0.1, 0.15) is 17.0 Å². The molecule has 1 amide bonds. The van der Waals surface area contributed by atoms with Crippen LogP contribution in [0.15, 0.2) is 24.5 Å². The number of aromatic amines is 1. The Morgan fingerprint density at radius 1 is 1.19 bits per heavy atom. The molecule has 37 heavy (non-hydrogen) atoms. The molecule has 8 nitrogen and oxygen atoms in total. The van der Waals surface area contributed by atoms with Gasteiger partial charge in [0.2, 0.25) is 11.9 Å². The minimum absolute atomic E-state index is 0.0771. The molecule has 0 radical (unpaired) electrons. The molecule has 2 fully saturated rings. The fraction of sp³-hybridized carbons (Fsp3) is 0.462. The second kappa shape index (κ2) is 9.35. The van der Waals surface area contributed by atoms with E-state index in [2.05, 4.69) is 25.3 Å².